The van der Waals surface area contributed by atoms with Crippen LogP contribution in [0.3, 0.4) is 0 Å². The van der Waals surface area contributed by atoms with Gasteiger partial charge in [0.05, 0.1) is 5.56 Å². The summed E-state index contributed by atoms with van der Waals surface area (Å²) >= 11 is 1.71. The molecule has 4 nitrogen and oxygen atoms in total. The molecular formula is C14H8N3OS+. The zero-order chi connectivity index (χ0) is 12.4. The summed E-state index contributed by atoms with van der Waals surface area (Å²) in [5, 5.41) is 1.16. The van der Waals surface area contributed by atoms with Gasteiger partial charge in [-0.05, 0) is 24.3 Å². The second-order valence-electron chi connectivity index (χ2n) is 4.59. The minimum absolute atomic E-state index is 0.832. The molecule has 0 bridgehead atoms. The van der Waals surface area contributed by atoms with E-state index in [2.05, 4.69) is 20.6 Å². The molecule has 0 N–H and O–H groups in total. The Bertz CT molecular complexity index is 954. The van der Waals surface area contributed by atoms with Crippen LogP contribution in [0, 0.1) is 0 Å². The van der Waals surface area contributed by atoms with Gasteiger partial charge in [-0.3, -0.25) is 4.98 Å². The number of furan rings is 1. The maximum atomic E-state index is 5.95. The van der Waals surface area contributed by atoms with Crippen molar-refractivity contribution in [2.45, 2.75) is 6.54 Å². The molecule has 4 aromatic heterocycles. The normalized spacial score (nSPS) is 13.1. The standard InChI is InChI=1S/C14H8N3OS/c1-3-8-7-17-13-12(19-14(17)10(8)15-5-1)11-9(18-13)4-2-6-16-11/h1-6H,7H2/q+1. The van der Waals surface area contributed by atoms with Gasteiger partial charge in [-0.25, -0.2) is 4.98 Å². The Balaban J connectivity index is 1.93. The second kappa shape index (κ2) is 3.19. The van der Waals surface area contributed by atoms with Crippen LogP contribution in [0.25, 0.3) is 32.2 Å². The van der Waals surface area contributed by atoms with Gasteiger partial charge in [-0.1, -0.05) is 11.3 Å². The maximum absolute atomic E-state index is 5.95. The molecule has 0 aromatic carbocycles. The van der Waals surface area contributed by atoms with Crippen LogP contribution >= 0.6 is 11.3 Å². The molecule has 0 saturated heterocycles. The maximum Gasteiger partial charge on any atom is 0.395 e. The van der Waals surface area contributed by atoms with Gasteiger partial charge in [0.25, 0.3) is 5.01 Å². The molecule has 0 atom stereocenters. The predicted octanol–water partition coefficient (Wildman–Crippen LogP) is 2.75. The first-order valence-corrected chi connectivity index (χ1v) is 6.87. The predicted molar refractivity (Wildman–Crippen MR) is 71.9 cm³/mol. The van der Waals surface area contributed by atoms with E-state index in [0.717, 1.165) is 38.8 Å². The van der Waals surface area contributed by atoms with Crippen LogP contribution in [0.5, 0.6) is 0 Å². The molecule has 5 heteroatoms. The van der Waals surface area contributed by atoms with Gasteiger partial charge >= 0.3 is 5.71 Å². The second-order valence-corrected chi connectivity index (χ2v) is 5.59. The molecule has 0 amide bonds. The molecule has 4 aromatic rings. The smallest absolute Gasteiger partial charge is 0.395 e. The van der Waals surface area contributed by atoms with E-state index in [1.54, 1.807) is 17.5 Å². The van der Waals surface area contributed by atoms with Crippen LogP contribution in [-0.4, -0.2) is 9.97 Å². The van der Waals surface area contributed by atoms with Crippen LogP contribution in [0.2, 0.25) is 0 Å². The summed E-state index contributed by atoms with van der Waals surface area (Å²) in [7, 11) is 0. The van der Waals surface area contributed by atoms with Gasteiger partial charge in [0.1, 0.15) is 5.52 Å². The van der Waals surface area contributed by atoms with Crippen molar-refractivity contribution in [1.29, 1.82) is 0 Å². The molecule has 5 heterocycles. The summed E-state index contributed by atoms with van der Waals surface area (Å²) in [5.74, 6) is 0. The molecule has 90 valence electrons. The Morgan fingerprint density at radius 2 is 2.05 bits per heavy atom. The fraction of sp³-hybridized carbons (Fsp3) is 0.0714. The number of nitrogens with zero attached hydrogens (tertiary/aromatic N) is 3. The molecule has 1 aliphatic rings. The first kappa shape index (κ1) is 9.63. The Hall–Kier alpha value is -2.27. The molecule has 1 aliphatic heterocycles. The molecular weight excluding hydrogens is 258 g/mol. The summed E-state index contributed by atoms with van der Waals surface area (Å²) < 4.78 is 9.26. The van der Waals surface area contributed by atoms with Gasteiger partial charge in [-0.2, -0.15) is 0 Å². The van der Waals surface area contributed by atoms with E-state index in [-0.39, 0.29) is 0 Å². The highest BCUT2D eigenvalue weighted by atomic mass is 32.1. The van der Waals surface area contributed by atoms with Crippen LogP contribution in [0.15, 0.2) is 41.1 Å². The summed E-state index contributed by atoms with van der Waals surface area (Å²) in [5.41, 5.74) is 5.03. The average molecular weight is 266 g/mol. The summed E-state index contributed by atoms with van der Waals surface area (Å²) in [6.45, 7) is 0.832. The minimum Gasteiger partial charge on any atom is -0.402 e. The third-order valence-corrected chi connectivity index (χ3v) is 4.68. The lowest BCUT2D eigenvalue weighted by atomic mass is 10.2. The van der Waals surface area contributed by atoms with E-state index >= 15 is 0 Å². The van der Waals surface area contributed by atoms with Crippen molar-refractivity contribution in [1.82, 2.24) is 9.97 Å². The number of thiazole rings is 1. The summed E-state index contributed by atoms with van der Waals surface area (Å²) in [6.07, 6.45) is 3.64. The minimum atomic E-state index is 0.832. The highest BCUT2D eigenvalue weighted by Gasteiger charge is 2.36. The van der Waals surface area contributed by atoms with Crippen molar-refractivity contribution >= 4 is 32.8 Å². The molecule has 5 rings (SSSR count). The number of fused-ring (bicyclic) bond motifs is 7. The van der Waals surface area contributed by atoms with Crippen LogP contribution < -0.4 is 4.57 Å². The molecule has 0 unspecified atom stereocenters. The Morgan fingerprint density at radius 3 is 3.05 bits per heavy atom. The molecule has 0 fully saturated rings. The first-order chi connectivity index (χ1) is 9.42. The van der Waals surface area contributed by atoms with Gasteiger partial charge in [0, 0.05) is 12.4 Å². The van der Waals surface area contributed by atoms with E-state index in [9.17, 15) is 0 Å². The van der Waals surface area contributed by atoms with Gasteiger partial charge in [0.2, 0.25) is 0 Å². The van der Waals surface area contributed by atoms with Crippen LogP contribution in [0.4, 0.5) is 0 Å². The largest absolute Gasteiger partial charge is 0.402 e. The molecule has 0 radical (unpaired) electrons. The van der Waals surface area contributed by atoms with Gasteiger partial charge in [0.15, 0.2) is 22.5 Å². The Morgan fingerprint density at radius 1 is 1.16 bits per heavy atom. The van der Waals surface area contributed by atoms with Crippen LogP contribution in [-0.2, 0) is 6.54 Å². The fourth-order valence-corrected chi connectivity index (χ4v) is 3.88. The zero-order valence-electron chi connectivity index (χ0n) is 9.83. The highest BCUT2D eigenvalue weighted by molar-refractivity contribution is 7.22. The van der Waals surface area contributed by atoms with Gasteiger partial charge < -0.3 is 4.42 Å². The number of pyridine rings is 2. The first-order valence-electron chi connectivity index (χ1n) is 6.06. The summed E-state index contributed by atoms with van der Waals surface area (Å²) in [6, 6.07) is 7.96. The van der Waals surface area contributed by atoms with Gasteiger partial charge in [-0.15, -0.1) is 4.57 Å². The Labute approximate surface area is 112 Å². The molecule has 0 spiro atoms. The highest BCUT2D eigenvalue weighted by Crippen LogP contribution is 2.38. The van der Waals surface area contributed by atoms with Crippen molar-refractivity contribution < 1.29 is 8.98 Å². The SMILES string of the molecule is c1cnc2c(c1)C[n+]1c-2sc2c3ncccc3oc21. The lowest BCUT2D eigenvalue weighted by Gasteiger charge is -1.88. The van der Waals surface area contributed by atoms with Crippen molar-refractivity contribution in [3.63, 3.8) is 0 Å². The number of rotatable bonds is 0. The zero-order valence-corrected chi connectivity index (χ0v) is 10.6. The third-order valence-electron chi connectivity index (χ3n) is 3.50. The molecule has 0 aliphatic carbocycles. The van der Waals surface area contributed by atoms with E-state index in [4.69, 9.17) is 4.42 Å². The fourth-order valence-electron chi connectivity index (χ4n) is 2.66. The summed E-state index contributed by atoms with van der Waals surface area (Å²) in [4.78, 5) is 8.90. The topological polar surface area (TPSA) is 42.8 Å². The monoisotopic (exact) mass is 266 g/mol. The van der Waals surface area contributed by atoms with E-state index in [1.807, 2.05) is 24.4 Å². The van der Waals surface area contributed by atoms with E-state index in [0.29, 0.717) is 0 Å². The van der Waals surface area contributed by atoms with Crippen molar-refractivity contribution in [2.24, 2.45) is 0 Å². The molecule has 0 saturated carbocycles. The van der Waals surface area contributed by atoms with Crippen LogP contribution in [0.1, 0.15) is 5.56 Å². The van der Waals surface area contributed by atoms with Crippen molar-refractivity contribution in [3.8, 4) is 10.7 Å². The van der Waals surface area contributed by atoms with Crippen molar-refractivity contribution in [3.05, 3.63) is 42.2 Å². The third kappa shape index (κ3) is 1.11. The quantitative estimate of drug-likeness (QED) is 0.405. The lowest BCUT2D eigenvalue weighted by molar-refractivity contribution is -0.648. The Kier molecular flexibility index (Phi) is 1.62. The van der Waals surface area contributed by atoms with E-state index in [1.165, 1.54) is 5.56 Å². The number of hydrogen-bond acceptors (Lipinski definition) is 4. The lowest BCUT2D eigenvalue weighted by Crippen LogP contribution is -2.29. The van der Waals surface area contributed by atoms with E-state index < -0.39 is 0 Å². The average Bonchev–Trinajstić information content (AvgIpc) is 3.07. The molecule has 19 heavy (non-hydrogen) atoms. The van der Waals surface area contributed by atoms with Crippen molar-refractivity contribution in [2.75, 3.05) is 0 Å². The number of hydrogen-bond donors (Lipinski definition) is 0. The number of aromatic nitrogens is 3.